The molecule has 2 aromatic heterocycles. The van der Waals surface area contributed by atoms with Crippen molar-refractivity contribution < 1.29 is 4.79 Å². The minimum atomic E-state index is 0.113. The number of nitrogens with one attached hydrogen (secondary N) is 1. The first kappa shape index (κ1) is 22.4. The lowest BCUT2D eigenvalue weighted by molar-refractivity contribution is -0.121. The van der Waals surface area contributed by atoms with E-state index in [1.807, 2.05) is 59.5 Å². The third kappa shape index (κ3) is 6.59. The molecule has 2 heterocycles. The van der Waals surface area contributed by atoms with Crippen LogP contribution in [-0.4, -0.2) is 32.4 Å². The van der Waals surface area contributed by atoms with Gasteiger partial charge in [0.1, 0.15) is 0 Å². The van der Waals surface area contributed by atoms with Gasteiger partial charge in [0.2, 0.25) is 5.91 Å². The molecule has 4 rings (SSSR count). The molecule has 2 aromatic carbocycles. The van der Waals surface area contributed by atoms with Crippen LogP contribution in [0.4, 0.5) is 0 Å². The number of rotatable bonds is 11. The van der Waals surface area contributed by atoms with E-state index in [9.17, 15) is 4.79 Å². The highest BCUT2D eigenvalue weighted by molar-refractivity contribution is 5.75. The normalized spacial score (nSPS) is 10.8. The average molecular weight is 440 g/mol. The predicted octanol–water partition coefficient (Wildman–Crippen LogP) is 4.79. The van der Waals surface area contributed by atoms with Gasteiger partial charge in [-0.05, 0) is 48.9 Å². The van der Waals surface area contributed by atoms with Crippen LogP contribution in [0, 0.1) is 0 Å². The van der Waals surface area contributed by atoms with Gasteiger partial charge in [-0.15, -0.1) is 5.10 Å². The van der Waals surface area contributed by atoms with Crippen molar-refractivity contribution in [3.05, 3.63) is 96.6 Å². The van der Waals surface area contributed by atoms with E-state index in [0.29, 0.717) is 13.0 Å². The van der Waals surface area contributed by atoms with Crippen LogP contribution in [0.15, 0.2) is 85.3 Å². The number of pyridine rings is 1. The molecule has 0 fully saturated rings. The zero-order valence-corrected chi connectivity index (χ0v) is 18.7. The number of hydrogen-bond donors (Lipinski definition) is 1. The zero-order valence-electron chi connectivity index (χ0n) is 18.7. The first-order chi connectivity index (χ1) is 16.3. The van der Waals surface area contributed by atoms with E-state index in [1.54, 1.807) is 6.20 Å². The quantitative estimate of drug-likeness (QED) is 0.341. The Morgan fingerprint density at radius 1 is 0.879 bits per heavy atom. The molecule has 0 saturated heterocycles. The molecule has 0 bridgehead atoms. The largest absolute Gasteiger partial charge is 0.356 e. The summed E-state index contributed by atoms with van der Waals surface area (Å²) in [5, 5.41) is 11.7. The average Bonchev–Trinajstić information content (AvgIpc) is 3.34. The maximum absolute atomic E-state index is 12.0. The van der Waals surface area contributed by atoms with Crippen molar-refractivity contribution in [2.75, 3.05) is 6.54 Å². The van der Waals surface area contributed by atoms with Crippen LogP contribution < -0.4 is 5.32 Å². The van der Waals surface area contributed by atoms with Crippen molar-refractivity contribution in [3.8, 4) is 16.8 Å². The standard InChI is InChI=1S/C27H29N5O/c33-27(29-19-17-22-10-9-18-28-20-22)16-6-2-5-13-24-21-32(31-30-24)26-15-8-7-14-25(26)23-11-3-1-4-12-23/h1,3-4,7-12,14-15,18,20-21H,2,5-6,13,16-17,19H2,(H,29,33). The second kappa shape index (κ2) is 11.7. The highest BCUT2D eigenvalue weighted by Crippen LogP contribution is 2.26. The second-order valence-corrected chi connectivity index (χ2v) is 8.06. The summed E-state index contributed by atoms with van der Waals surface area (Å²) in [7, 11) is 0. The first-order valence-electron chi connectivity index (χ1n) is 11.5. The van der Waals surface area contributed by atoms with Gasteiger partial charge in [0.25, 0.3) is 0 Å². The maximum atomic E-state index is 12.0. The number of benzene rings is 2. The van der Waals surface area contributed by atoms with E-state index in [1.165, 1.54) is 0 Å². The number of carbonyl (C=O) groups excluding carboxylic acids is 1. The van der Waals surface area contributed by atoms with Crippen LogP contribution in [0.3, 0.4) is 0 Å². The lowest BCUT2D eigenvalue weighted by Crippen LogP contribution is -2.25. The number of carbonyl (C=O) groups is 1. The molecular formula is C27H29N5O. The van der Waals surface area contributed by atoms with Crippen LogP contribution in [-0.2, 0) is 17.6 Å². The van der Waals surface area contributed by atoms with Crippen molar-refractivity contribution in [2.24, 2.45) is 0 Å². The van der Waals surface area contributed by atoms with Crippen LogP contribution in [0.2, 0.25) is 0 Å². The van der Waals surface area contributed by atoms with Crippen molar-refractivity contribution in [3.63, 3.8) is 0 Å². The Bertz CT molecular complexity index is 1140. The SMILES string of the molecule is O=C(CCCCCc1cn(-c2ccccc2-c2ccccc2)nn1)NCCc1cccnc1. The Kier molecular flexibility index (Phi) is 7.95. The Morgan fingerprint density at radius 2 is 1.73 bits per heavy atom. The molecule has 0 saturated carbocycles. The van der Waals surface area contributed by atoms with Crippen molar-refractivity contribution in [1.29, 1.82) is 0 Å². The molecule has 1 N–H and O–H groups in total. The third-order valence-corrected chi connectivity index (χ3v) is 5.57. The number of aromatic nitrogens is 4. The smallest absolute Gasteiger partial charge is 0.220 e. The summed E-state index contributed by atoms with van der Waals surface area (Å²) in [5.74, 6) is 0.113. The Hall–Kier alpha value is -3.80. The van der Waals surface area contributed by atoms with Crippen LogP contribution in [0.25, 0.3) is 16.8 Å². The van der Waals surface area contributed by atoms with Crippen LogP contribution in [0.5, 0.6) is 0 Å². The molecule has 0 aliphatic rings. The molecule has 33 heavy (non-hydrogen) atoms. The van der Waals surface area contributed by atoms with Gasteiger partial charge in [0.05, 0.1) is 17.6 Å². The number of unbranched alkanes of at least 4 members (excludes halogenated alkanes) is 2. The number of aryl methyl sites for hydroxylation is 1. The van der Waals surface area contributed by atoms with Gasteiger partial charge in [-0.1, -0.05) is 66.2 Å². The fraction of sp³-hybridized carbons (Fsp3) is 0.259. The van der Waals surface area contributed by atoms with Gasteiger partial charge >= 0.3 is 0 Å². The third-order valence-electron chi connectivity index (χ3n) is 5.57. The van der Waals surface area contributed by atoms with Gasteiger partial charge in [-0.3, -0.25) is 9.78 Å². The summed E-state index contributed by atoms with van der Waals surface area (Å²) in [6, 6.07) is 22.5. The fourth-order valence-corrected chi connectivity index (χ4v) is 3.82. The highest BCUT2D eigenvalue weighted by Gasteiger charge is 2.09. The van der Waals surface area contributed by atoms with Gasteiger partial charge < -0.3 is 5.32 Å². The molecule has 4 aromatic rings. The lowest BCUT2D eigenvalue weighted by Gasteiger charge is -2.08. The number of hydrogen-bond acceptors (Lipinski definition) is 4. The molecule has 0 aliphatic carbocycles. The van der Waals surface area contributed by atoms with Gasteiger partial charge in [-0.25, -0.2) is 4.68 Å². The molecule has 0 atom stereocenters. The second-order valence-electron chi connectivity index (χ2n) is 8.06. The van der Waals surface area contributed by atoms with Crippen molar-refractivity contribution in [1.82, 2.24) is 25.3 Å². The molecule has 168 valence electrons. The Morgan fingerprint density at radius 3 is 2.58 bits per heavy atom. The molecule has 0 unspecified atom stereocenters. The fourth-order valence-electron chi connectivity index (χ4n) is 3.82. The van der Waals surface area contributed by atoms with E-state index in [0.717, 1.165) is 60.2 Å². The summed E-state index contributed by atoms with van der Waals surface area (Å²) >= 11 is 0. The van der Waals surface area contributed by atoms with Gasteiger partial charge in [0.15, 0.2) is 0 Å². The maximum Gasteiger partial charge on any atom is 0.220 e. The van der Waals surface area contributed by atoms with Crippen molar-refractivity contribution in [2.45, 2.75) is 38.5 Å². The van der Waals surface area contributed by atoms with E-state index >= 15 is 0 Å². The molecule has 6 nitrogen and oxygen atoms in total. The van der Waals surface area contributed by atoms with Crippen molar-refractivity contribution >= 4 is 5.91 Å². The van der Waals surface area contributed by atoms with E-state index in [4.69, 9.17) is 0 Å². The minimum absolute atomic E-state index is 0.113. The van der Waals surface area contributed by atoms with E-state index < -0.39 is 0 Å². The monoisotopic (exact) mass is 439 g/mol. The molecule has 1 amide bonds. The molecule has 6 heteroatoms. The number of amides is 1. The molecular weight excluding hydrogens is 410 g/mol. The first-order valence-corrected chi connectivity index (χ1v) is 11.5. The summed E-state index contributed by atoms with van der Waals surface area (Å²) in [5.41, 5.74) is 5.41. The van der Waals surface area contributed by atoms with Gasteiger partial charge in [-0.2, -0.15) is 0 Å². The summed E-state index contributed by atoms with van der Waals surface area (Å²) in [4.78, 5) is 16.1. The summed E-state index contributed by atoms with van der Waals surface area (Å²) < 4.78 is 1.85. The van der Waals surface area contributed by atoms with Crippen LogP contribution >= 0.6 is 0 Å². The Labute approximate surface area is 194 Å². The summed E-state index contributed by atoms with van der Waals surface area (Å²) in [6.07, 6.45) is 10.7. The molecule has 0 aliphatic heterocycles. The van der Waals surface area contributed by atoms with Crippen LogP contribution in [0.1, 0.15) is 36.9 Å². The predicted molar refractivity (Wildman–Crippen MR) is 130 cm³/mol. The Balaban J connectivity index is 1.19. The van der Waals surface area contributed by atoms with E-state index in [-0.39, 0.29) is 5.91 Å². The zero-order chi connectivity index (χ0) is 22.7. The van der Waals surface area contributed by atoms with Gasteiger partial charge in [0, 0.05) is 30.9 Å². The molecule has 0 radical (unpaired) electrons. The number of para-hydroxylation sites is 1. The van der Waals surface area contributed by atoms with E-state index in [2.05, 4.69) is 44.9 Å². The topological polar surface area (TPSA) is 72.7 Å². The number of nitrogens with zero attached hydrogens (tertiary/aromatic N) is 4. The molecule has 0 spiro atoms. The summed E-state index contributed by atoms with van der Waals surface area (Å²) in [6.45, 7) is 0.651. The lowest BCUT2D eigenvalue weighted by atomic mass is 10.0. The highest BCUT2D eigenvalue weighted by atomic mass is 16.1. The minimum Gasteiger partial charge on any atom is -0.356 e.